The van der Waals surface area contributed by atoms with Crippen LogP contribution in [0.1, 0.15) is 30.6 Å². The van der Waals surface area contributed by atoms with Crippen molar-refractivity contribution in [2.75, 3.05) is 17.9 Å². The maximum atomic E-state index is 12.7. The molecule has 2 rings (SSSR count). The van der Waals surface area contributed by atoms with Gasteiger partial charge in [-0.2, -0.15) is 0 Å². The minimum atomic E-state index is -3.76. The van der Waals surface area contributed by atoms with Crippen LogP contribution in [0.15, 0.2) is 59.5 Å². The maximum absolute atomic E-state index is 12.7. The van der Waals surface area contributed by atoms with E-state index >= 15 is 0 Å². The van der Waals surface area contributed by atoms with Crippen LogP contribution in [0.4, 0.5) is 5.69 Å². The molecule has 0 aliphatic carbocycles. The lowest BCUT2D eigenvalue weighted by molar-refractivity contribution is -0.129. The number of nitrogens with zero attached hydrogens (tertiary/aromatic N) is 1. The minimum Gasteiger partial charge on any atom is -0.449 e. The van der Waals surface area contributed by atoms with Crippen LogP contribution in [-0.2, 0) is 19.6 Å². The largest absolute Gasteiger partial charge is 0.449 e. The molecule has 0 saturated carbocycles. The van der Waals surface area contributed by atoms with Gasteiger partial charge in [0.15, 0.2) is 6.10 Å². The van der Waals surface area contributed by atoms with Crippen molar-refractivity contribution in [2.45, 2.75) is 31.3 Å². The summed E-state index contributed by atoms with van der Waals surface area (Å²) in [4.78, 5) is 24.0. The van der Waals surface area contributed by atoms with E-state index in [9.17, 15) is 18.0 Å². The molecular weight excluding hydrogens is 380 g/mol. The number of nitrogens with one attached hydrogen (secondary N) is 1. The summed E-state index contributed by atoms with van der Waals surface area (Å²) in [5.41, 5.74) is 0.689. The van der Waals surface area contributed by atoms with Crippen LogP contribution in [0.25, 0.3) is 0 Å². The summed E-state index contributed by atoms with van der Waals surface area (Å²) >= 11 is 0. The van der Waals surface area contributed by atoms with Crippen molar-refractivity contribution in [3.05, 3.63) is 60.2 Å². The monoisotopic (exact) mass is 404 g/mol. The first-order chi connectivity index (χ1) is 13.3. The first kappa shape index (κ1) is 21.4. The fraction of sp³-hybridized carbons (Fsp3) is 0.300. The number of rotatable bonds is 8. The number of hydrogen-bond donors (Lipinski definition) is 1. The number of carbonyl (C=O) groups excluding carboxylic acids is 2. The number of anilines is 1. The Morgan fingerprint density at radius 1 is 1.07 bits per heavy atom. The van der Waals surface area contributed by atoms with Crippen molar-refractivity contribution in [3.63, 3.8) is 0 Å². The number of amides is 1. The predicted molar refractivity (Wildman–Crippen MR) is 107 cm³/mol. The molecule has 1 amide bonds. The third-order valence-corrected chi connectivity index (χ3v) is 5.87. The second kappa shape index (κ2) is 9.36. The maximum Gasteiger partial charge on any atom is 0.338 e. The summed E-state index contributed by atoms with van der Waals surface area (Å²) in [7, 11) is -2.30. The van der Waals surface area contributed by atoms with Gasteiger partial charge in [0.1, 0.15) is 0 Å². The van der Waals surface area contributed by atoms with Crippen molar-refractivity contribution in [1.82, 2.24) is 5.32 Å². The van der Waals surface area contributed by atoms with Crippen LogP contribution in [0, 0.1) is 0 Å². The van der Waals surface area contributed by atoms with Crippen LogP contribution in [0.3, 0.4) is 0 Å². The minimum absolute atomic E-state index is 0.0455. The number of carbonyl (C=O) groups is 2. The number of benzene rings is 2. The van der Waals surface area contributed by atoms with E-state index in [-0.39, 0.29) is 16.4 Å². The van der Waals surface area contributed by atoms with Crippen LogP contribution < -0.4 is 9.62 Å². The number of esters is 1. The average Bonchev–Trinajstić information content (AvgIpc) is 2.71. The molecule has 0 aliphatic rings. The molecule has 0 heterocycles. The van der Waals surface area contributed by atoms with Gasteiger partial charge in [0, 0.05) is 13.6 Å². The first-order valence-corrected chi connectivity index (χ1v) is 10.3. The standard InChI is InChI=1S/C20H24N2O5S/c1-4-14-21-19(23)15(2)27-20(24)16-10-12-18(13-11-16)28(25,26)22(3)17-8-6-5-7-9-17/h5-13,15H,4,14H2,1-3H3,(H,21,23)/t15-/m1/s1. The highest BCUT2D eigenvalue weighted by molar-refractivity contribution is 7.92. The summed E-state index contributed by atoms with van der Waals surface area (Å²) in [6.07, 6.45) is -0.161. The fourth-order valence-corrected chi connectivity index (χ4v) is 3.57. The van der Waals surface area contributed by atoms with Crippen molar-refractivity contribution >= 4 is 27.6 Å². The van der Waals surface area contributed by atoms with E-state index in [1.54, 1.807) is 30.3 Å². The molecule has 0 aliphatic heterocycles. The van der Waals surface area contributed by atoms with E-state index in [4.69, 9.17) is 4.74 Å². The van der Waals surface area contributed by atoms with Crippen LogP contribution in [0.2, 0.25) is 0 Å². The van der Waals surface area contributed by atoms with Gasteiger partial charge in [-0.25, -0.2) is 13.2 Å². The molecule has 28 heavy (non-hydrogen) atoms. The lowest BCUT2D eigenvalue weighted by Crippen LogP contribution is -2.36. The molecule has 1 atom stereocenters. The Labute approximate surface area is 165 Å². The number of para-hydroxylation sites is 1. The first-order valence-electron chi connectivity index (χ1n) is 8.90. The highest BCUT2D eigenvalue weighted by Crippen LogP contribution is 2.22. The van der Waals surface area contributed by atoms with Gasteiger partial charge in [0.2, 0.25) is 0 Å². The molecule has 8 heteroatoms. The molecule has 0 fully saturated rings. The summed E-state index contributed by atoms with van der Waals surface area (Å²) in [5, 5.41) is 2.64. The van der Waals surface area contributed by atoms with Gasteiger partial charge < -0.3 is 10.1 Å². The zero-order valence-corrected chi connectivity index (χ0v) is 16.9. The van der Waals surface area contributed by atoms with Crippen molar-refractivity contribution in [1.29, 1.82) is 0 Å². The highest BCUT2D eigenvalue weighted by Gasteiger charge is 2.23. The molecule has 2 aromatic rings. The Bertz CT molecular complexity index is 911. The number of hydrogen-bond acceptors (Lipinski definition) is 5. The third-order valence-electron chi connectivity index (χ3n) is 4.07. The number of sulfonamides is 1. The predicted octanol–water partition coefficient (Wildman–Crippen LogP) is 2.58. The smallest absolute Gasteiger partial charge is 0.338 e. The Kier molecular flexibility index (Phi) is 7.17. The van der Waals surface area contributed by atoms with Crippen LogP contribution >= 0.6 is 0 Å². The van der Waals surface area contributed by atoms with Crippen molar-refractivity contribution in [2.24, 2.45) is 0 Å². The van der Waals surface area contributed by atoms with E-state index in [1.807, 2.05) is 6.92 Å². The molecule has 0 radical (unpaired) electrons. The van der Waals surface area contributed by atoms with Gasteiger partial charge >= 0.3 is 5.97 Å². The summed E-state index contributed by atoms with van der Waals surface area (Å²) in [5.74, 6) is -1.07. The van der Waals surface area contributed by atoms with Crippen molar-refractivity contribution < 1.29 is 22.7 Å². The second-order valence-electron chi connectivity index (χ2n) is 6.17. The zero-order valence-electron chi connectivity index (χ0n) is 16.1. The molecule has 2 aromatic carbocycles. The van der Waals surface area contributed by atoms with Gasteiger partial charge in [-0.3, -0.25) is 9.10 Å². The summed E-state index contributed by atoms with van der Waals surface area (Å²) in [6.45, 7) is 3.90. The molecule has 7 nitrogen and oxygen atoms in total. The SMILES string of the molecule is CCCNC(=O)[C@@H](C)OC(=O)c1ccc(S(=O)(=O)N(C)c2ccccc2)cc1. The summed E-state index contributed by atoms with van der Waals surface area (Å²) < 4.78 is 31.8. The summed E-state index contributed by atoms with van der Waals surface area (Å²) in [6, 6.07) is 14.1. The molecule has 150 valence electrons. The van der Waals surface area contributed by atoms with E-state index < -0.39 is 22.1 Å². The normalized spacial score (nSPS) is 12.1. The molecule has 0 spiro atoms. The quantitative estimate of drug-likeness (QED) is 0.683. The molecule has 0 bridgehead atoms. The molecule has 0 saturated heterocycles. The molecule has 0 aromatic heterocycles. The van der Waals surface area contributed by atoms with E-state index in [2.05, 4.69) is 5.32 Å². The van der Waals surface area contributed by atoms with Crippen molar-refractivity contribution in [3.8, 4) is 0 Å². The Balaban J connectivity index is 2.10. The van der Waals surface area contributed by atoms with E-state index in [1.165, 1.54) is 42.5 Å². The van der Waals surface area contributed by atoms with Gasteiger partial charge in [-0.05, 0) is 49.7 Å². The van der Waals surface area contributed by atoms with E-state index in [0.29, 0.717) is 12.2 Å². The Hall–Kier alpha value is -2.87. The average molecular weight is 404 g/mol. The Morgan fingerprint density at radius 3 is 2.25 bits per heavy atom. The lowest BCUT2D eigenvalue weighted by Gasteiger charge is -2.19. The fourth-order valence-electron chi connectivity index (χ4n) is 2.37. The van der Waals surface area contributed by atoms with Crippen LogP contribution in [0.5, 0.6) is 0 Å². The molecular formula is C20H24N2O5S. The van der Waals surface area contributed by atoms with E-state index in [0.717, 1.165) is 6.42 Å². The van der Waals surface area contributed by atoms with Gasteiger partial charge in [0.05, 0.1) is 16.1 Å². The van der Waals surface area contributed by atoms with Gasteiger partial charge in [0.25, 0.3) is 15.9 Å². The molecule has 1 N–H and O–H groups in total. The van der Waals surface area contributed by atoms with Gasteiger partial charge in [-0.15, -0.1) is 0 Å². The number of ether oxygens (including phenoxy) is 1. The topological polar surface area (TPSA) is 92.8 Å². The second-order valence-corrected chi connectivity index (χ2v) is 8.14. The highest BCUT2D eigenvalue weighted by atomic mass is 32.2. The molecule has 0 unspecified atom stereocenters. The van der Waals surface area contributed by atoms with Gasteiger partial charge in [-0.1, -0.05) is 25.1 Å². The van der Waals surface area contributed by atoms with Crippen LogP contribution in [-0.4, -0.2) is 40.0 Å². The third kappa shape index (κ3) is 5.10. The Morgan fingerprint density at radius 2 is 1.68 bits per heavy atom. The lowest BCUT2D eigenvalue weighted by atomic mass is 10.2. The zero-order chi connectivity index (χ0) is 20.7.